The second-order valence-corrected chi connectivity index (χ2v) is 4.12. The van der Waals surface area contributed by atoms with Crippen molar-refractivity contribution < 1.29 is 14.3 Å². The summed E-state index contributed by atoms with van der Waals surface area (Å²) in [4.78, 5) is 12.0. The summed E-state index contributed by atoms with van der Waals surface area (Å²) in [7, 11) is 0. The normalized spacial score (nSPS) is 21.1. The Hall–Kier alpha value is -1.39. The standard InChI is InChI=1S/C13H17NO3/c14-8-12(10-4-2-1-3-5-10)13(15)17-11-6-7-16-9-11/h1-5,11-12H,6-9,14H2. The van der Waals surface area contributed by atoms with Gasteiger partial charge in [0, 0.05) is 13.0 Å². The van der Waals surface area contributed by atoms with E-state index in [1.807, 2.05) is 30.3 Å². The summed E-state index contributed by atoms with van der Waals surface area (Å²) >= 11 is 0. The fourth-order valence-corrected chi connectivity index (χ4v) is 1.91. The van der Waals surface area contributed by atoms with Gasteiger partial charge in [-0.15, -0.1) is 0 Å². The molecule has 1 aromatic rings. The van der Waals surface area contributed by atoms with E-state index in [2.05, 4.69) is 0 Å². The number of benzene rings is 1. The molecule has 0 radical (unpaired) electrons. The molecule has 0 amide bonds. The average molecular weight is 235 g/mol. The molecule has 1 aromatic carbocycles. The lowest BCUT2D eigenvalue weighted by Crippen LogP contribution is -2.28. The summed E-state index contributed by atoms with van der Waals surface area (Å²) in [6.45, 7) is 1.42. The van der Waals surface area contributed by atoms with Gasteiger partial charge in [-0.05, 0) is 5.56 Å². The van der Waals surface area contributed by atoms with Gasteiger partial charge in [-0.2, -0.15) is 0 Å². The molecule has 2 unspecified atom stereocenters. The van der Waals surface area contributed by atoms with Crippen molar-refractivity contribution in [1.82, 2.24) is 0 Å². The van der Waals surface area contributed by atoms with Crippen LogP contribution in [0.5, 0.6) is 0 Å². The molecule has 1 aliphatic rings. The lowest BCUT2D eigenvalue weighted by molar-refractivity contribution is -0.150. The molecule has 1 heterocycles. The van der Waals surface area contributed by atoms with E-state index in [1.165, 1.54) is 0 Å². The third-order valence-electron chi connectivity index (χ3n) is 2.89. The smallest absolute Gasteiger partial charge is 0.315 e. The van der Waals surface area contributed by atoms with E-state index in [4.69, 9.17) is 15.2 Å². The molecule has 2 rings (SSSR count). The molecule has 1 aliphatic heterocycles. The minimum atomic E-state index is -0.378. The maximum Gasteiger partial charge on any atom is 0.315 e. The van der Waals surface area contributed by atoms with Crippen molar-refractivity contribution in [1.29, 1.82) is 0 Å². The van der Waals surface area contributed by atoms with Gasteiger partial charge in [0.2, 0.25) is 0 Å². The summed E-state index contributed by atoms with van der Waals surface area (Å²) < 4.78 is 10.5. The van der Waals surface area contributed by atoms with Gasteiger partial charge in [-0.25, -0.2) is 0 Å². The Bertz CT molecular complexity index is 360. The molecule has 0 aromatic heterocycles. The number of hydrogen-bond donors (Lipinski definition) is 1. The number of carbonyl (C=O) groups is 1. The predicted octanol–water partition coefficient (Wildman–Crippen LogP) is 1.06. The van der Waals surface area contributed by atoms with Crippen molar-refractivity contribution in [3.05, 3.63) is 35.9 Å². The van der Waals surface area contributed by atoms with E-state index in [1.54, 1.807) is 0 Å². The molecule has 0 aliphatic carbocycles. The third kappa shape index (κ3) is 3.05. The summed E-state index contributed by atoms with van der Waals surface area (Å²) in [6, 6.07) is 9.48. The highest BCUT2D eigenvalue weighted by Crippen LogP contribution is 2.18. The van der Waals surface area contributed by atoms with Gasteiger partial charge >= 0.3 is 5.97 Å². The minimum absolute atomic E-state index is 0.111. The Labute approximate surface area is 101 Å². The van der Waals surface area contributed by atoms with E-state index in [0.717, 1.165) is 12.0 Å². The second-order valence-electron chi connectivity index (χ2n) is 4.12. The molecule has 0 spiro atoms. The molecule has 2 atom stereocenters. The van der Waals surface area contributed by atoms with Crippen molar-refractivity contribution in [3.8, 4) is 0 Å². The van der Waals surface area contributed by atoms with Crippen LogP contribution in [0.15, 0.2) is 30.3 Å². The van der Waals surface area contributed by atoms with Crippen LogP contribution in [0.4, 0.5) is 0 Å². The first-order valence-electron chi connectivity index (χ1n) is 5.84. The molecule has 0 bridgehead atoms. The van der Waals surface area contributed by atoms with Crippen LogP contribution >= 0.6 is 0 Å². The van der Waals surface area contributed by atoms with Crippen LogP contribution in [0.2, 0.25) is 0 Å². The van der Waals surface area contributed by atoms with Gasteiger partial charge in [-0.1, -0.05) is 30.3 Å². The molecule has 2 N–H and O–H groups in total. The van der Waals surface area contributed by atoms with Crippen molar-refractivity contribution >= 4 is 5.97 Å². The monoisotopic (exact) mass is 235 g/mol. The van der Waals surface area contributed by atoms with E-state index in [0.29, 0.717) is 13.2 Å². The first-order chi connectivity index (χ1) is 8.31. The van der Waals surface area contributed by atoms with E-state index < -0.39 is 0 Å². The summed E-state index contributed by atoms with van der Waals surface area (Å²) in [6.07, 6.45) is 0.665. The van der Waals surface area contributed by atoms with Crippen molar-refractivity contribution in [2.24, 2.45) is 5.73 Å². The zero-order chi connectivity index (χ0) is 12.1. The summed E-state index contributed by atoms with van der Waals surface area (Å²) in [5, 5.41) is 0. The topological polar surface area (TPSA) is 61.6 Å². The van der Waals surface area contributed by atoms with Crippen LogP contribution in [-0.4, -0.2) is 31.8 Å². The number of ether oxygens (including phenoxy) is 2. The van der Waals surface area contributed by atoms with Crippen LogP contribution < -0.4 is 5.73 Å². The fraction of sp³-hybridized carbons (Fsp3) is 0.462. The van der Waals surface area contributed by atoms with Crippen LogP contribution in [-0.2, 0) is 14.3 Å². The van der Waals surface area contributed by atoms with Gasteiger partial charge < -0.3 is 15.2 Å². The van der Waals surface area contributed by atoms with E-state index in [9.17, 15) is 4.79 Å². The third-order valence-corrected chi connectivity index (χ3v) is 2.89. The highest BCUT2D eigenvalue weighted by atomic mass is 16.6. The van der Waals surface area contributed by atoms with Crippen molar-refractivity contribution in [2.75, 3.05) is 19.8 Å². The Kier molecular flexibility index (Phi) is 4.12. The Morgan fingerprint density at radius 2 is 2.24 bits per heavy atom. The number of carbonyl (C=O) groups excluding carboxylic acids is 1. The average Bonchev–Trinajstić information content (AvgIpc) is 2.84. The second kappa shape index (κ2) is 5.80. The maximum absolute atomic E-state index is 12.0. The Morgan fingerprint density at radius 1 is 1.47 bits per heavy atom. The molecule has 4 nitrogen and oxygen atoms in total. The van der Waals surface area contributed by atoms with Crippen LogP contribution in [0.1, 0.15) is 17.9 Å². The van der Waals surface area contributed by atoms with Crippen LogP contribution in [0.3, 0.4) is 0 Å². The highest BCUT2D eigenvalue weighted by Gasteiger charge is 2.26. The Balaban J connectivity index is 2.00. The van der Waals surface area contributed by atoms with Gasteiger partial charge in [0.25, 0.3) is 0 Å². The summed E-state index contributed by atoms with van der Waals surface area (Å²) in [5.74, 6) is -0.633. The van der Waals surface area contributed by atoms with Crippen LogP contribution in [0, 0.1) is 0 Å². The summed E-state index contributed by atoms with van der Waals surface area (Å²) in [5.41, 5.74) is 6.55. The fourth-order valence-electron chi connectivity index (χ4n) is 1.91. The molecular weight excluding hydrogens is 218 g/mol. The van der Waals surface area contributed by atoms with E-state index in [-0.39, 0.29) is 24.5 Å². The zero-order valence-electron chi connectivity index (χ0n) is 9.67. The van der Waals surface area contributed by atoms with E-state index >= 15 is 0 Å². The van der Waals surface area contributed by atoms with Crippen molar-refractivity contribution in [2.45, 2.75) is 18.4 Å². The number of hydrogen-bond acceptors (Lipinski definition) is 4. The predicted molar refractivity (Wildman–Crippen MR) is 63.6 cm³/mol. The number of rotatable bonds is 4. The molecule has 1 saturated heterocycles. The minimum Gasteiger partial charge on any atom is -0.459 e. The SMILES string of the molecule is NCC(C(=O)OC1CCOC1)c1ccccc1. The number of esters is 1. The van der Waals surface area contributed by atoms with Gasteiger partial charge in [-0.3, -0.25) is 4.79 Å². The number of nitrogens with two attached hydrogens (primary N) is 1. The first kappa shape index (κ1) is 12.1. The highest BCUT2D eigenvalue weighted by molar-refractivity contribution is 5.78. The van der Waals surface area contributed by atoms with Crippen molar-refractivity contribution in [3.63, 3.8) is 0 Å². The van der Waals surface area contributed by atoms with Gasteiger partial charge in [0.15, 0.2) is 0 Å². The maximum atomic E-state index is 12.0. The largest absolute Gasteiger partial charge is 0.459 e. The van der Waals surface area contributed by atoms with Gasteiger partial charge in [0.1, 0.15) is 6.10 Å². The van der Waals surface area contributed by atoms with Gasteiger partial charge in [0.05, 0.1) is 19.1 Å². The lowest BCUT2D eigenvalue weighted by atomic mass is 9.99. The Morgan fingerprint density at radius 3 is 2.82 bits per heavy atom. The molecule has 0 saturated carbocycles. The first-order valence-corrected chi connectivity index (χ1v) is 5.84. The quantitative estimate of drug-likeness (QED) is 0.793. The zero-order valence-corrected chi connectivity index (χ0v) is 9.67. The molecular formula is C13H17NO3. The molecule has 1 fully saturated rings. The molecule has 4 heteroatoms. The lowest BCUT2D eigenvalue weighted by Gasteiger charge is -2.17. The van der Waals surface area contributed by atoms with Crippen LogP contribution in [0.25, 0.3) is 0 Å². The molecule has 17 heavy (non-hydrogen) atoms. The molecule has 92 valence electrons.